The van der Waals surface area contributed by atoms with E-state index in [4.69, 9.17) is 31.0 Å². The second-order valence-corrected chi connectivity index (χ2v) is 85.7. The van der Waals surface area contributed by atoms with Gasteiger partial charge in [-0.05, 0) is 0 Å². The molecule has 0 aliphatic carbocycles. The van der Waals surface area contributed by atoms with E-state index in [-0.39, 0.29) is 0 Å². The molecule has 4 rings (SSSR count). The van der Waals surface area contributed by atoms with Crippen LogP contribution in [0.5, 0.6) is 0 Å². The van der Waals surface area contributed by atoms with Gasteiger partial charge in [0.1, 0.15) is 7.11 Å². The standard InChI is InChI=1S/C38H62O7Si8/c1-39-51(40-2,41-3)53(44-6,45-7)52(42-4,43-5)50(37-31-23-17-24-32-37,38-33-25-18-26-34-38)49(35-27-19-15-20-28-35,36-29-21-16-22-30-36)48(13,14)47(11,12)46(8,9)10/h15-34H,1-14H3. The minimum Gasteiger partial charge on any atom is -0.399 e. The third kappa shape index (κ3) is 6.15. The molecule has 0 aliphatic rings. The lowest BCUT2D eigenvalue weighted by Crippen LogP contribution is -3.09. The molecule has 0 aromatic heterocycles. The molecular formula is C38H62O7Si8. The van der Waals surface area contributed by atoms with E-state index in [1.165, 1.54) is 20.7 Å². The Bertz CT molecular complexity index is 1650. The van der Waals surface area contributed by atoms with Gasteiger partial charge < -0.3 is 31.0 Å². The summed E-state index contributed by atoms with van der Waals surface area (Å²) in [6.45, 7) is 18.8. The molecule has 0 bridgehead atoms. The van der Waals surface area contributed by atoms with Gasteiger partial charge in [0.05, 0.1) is 0 Å². The maximum absolute atomic E-state index is 7.53. The maximum atomic E-state index is 7.53. The van der Waals surface area contributed by atoms with Gasteiger partial charge in [0.25, 0.3) is 0 Å². The predicted molar refractivity (Wildman–Crippen MR) is 240 cm³/mol. The molecule has 0 spiro atoms. The van der Waals surface area contributed by atoms with E-state index in [9.17, 15) is 0 Å². The third-order valence-corrected chi connectivity index (χ3v) is 146. The number of hydrogen-bond donors (Lipinski definition) is 0. The Morgan fingerprint density at radius 1 is 0.302 bits per heavy atom. The fraction of sp³-hybridized carbons (Fsp3) is 0.368. The first-order valence-electron chi connectivity index (χ1n) is 18.2. The van der Waals surface area contributed by atoms with Crippen LogP contribution in [0.4, 0.5) is 0 Å². The maximum Gasteiger partial charge on any atom is 0.540 e. The largest absolute Gasteiger partial charge is 0.540 e. The van der Waals surface area contributed by atoms with Crippen molar-refractivity contribution in [1.29, 1.82) is 0 Å². The highest BCUT2D eigenvalue weighted by atomic mass is 30.1. The van der Waals surface area contributed by atoms with E-state index >= 15 is 0 Å². The fourth-order valence-corrected chi connectivity index (χ4v) is 205. The van der Waals surface area contributed by atoms with Crippen molar-refractivity contribution in [2.45, 2.75) is 45.8 Å². The molecule has 0 saturated carbocycles. The van der Waals surface area contributed by atoms with Crippen LogP contribution in [0.3, 0.4) is 0 Å². The quantitative estimate of drug-likeness (QED) is 0.128. The van der Waals surface area contributed by atoms with Crippen molar-refractivity contribution in [3.8, 4) is 0 Å². The van der Waals surface area contributed by atoms with Gasteiger partial charge in [-0.1, -0.05) is 188 Å². The van der Waals surface area contributed by atoms with Crippen molar-refractivity contribution >= 4 is 80.3 Å². The molecule has 0 fully saturated rings. The molecule has 0 amide bonds. The molecule has 0 atom stereocenters. The molecule has 4 aromatic carbocycles. The summed E-state index contributed by atoms with van der Waals surface area (Å²) < 4.78 is 48.8. The molecule has 288 valence electrons. The minimum absolute atomic E-state index is 1.25. The van der Waals surface area contributed by atoms with Crippen molar-refractivity contribution in [1.82, 2.24) is 0 Å². The van der Waals surface area contributed by atoms with E-state index in [0.717, 1.165) is 0 Å². The summed E-state index contributed by atoms with van der Waals surface area (Å²) in [4.78, 5) is 0. The zero-order valence-corrected chi connectivity index (χ0v) is 42.4. The molecule has 4 aromatic rings. The SMILES string of the molecule is CO[Si](OC)(OC)[Si](OC)(OC)[Si](OC)(OC)[Si](c1ccccc1)(c1ccccc1)[Si](c1ccccc1)(c1ccccc1)[Si](C)(C)[Si](C)(C)[Si](C)(C)C. The topological polar surface area (TPSA) is 64.6 Å². The molecule has 0 heterocycles. The van der Waals surface area contributed by atoms with Crippen molar-refractivity contribution in [2.75, 3.05) is 49.8 Å². The summed E-state index contributed by atoms with van der Waals surface area (Å²) >= 11 is 0. The van der Waals surface area contributed by atoms with E-state index in [1.54, 1.807) is 35.5 Å². The van der Waals surface area contributed by atoms with Crippen LogP contribution in [-0.4, -0.2) is 109 Å². The monoisotopic (exact) mass is 854 g/mol. The zero-order chi connectivity index (χ0) is 39.4. The van der Waals surface area contributed by atoms with Gasteiger partial charge in [-0.25, -0.2) is 0 Å². The Kier molecular flexibility index (Phi) is 14.0. The average molecular weight is 856 g/mol. The summed E-state index contributed by atoms with van der Waals surface area (Å²) in [5, 5.41) is 5.31. The van der Waals surface area contributed by atoms with Crippen LogP contribution in [0.15, 0.2) is 121 Å². The van der Waals surface area contributed by atoms with Crippen molar-refractivity contribution in [3.05, 3.63) is 121 Å². The molecule has 0 unspecified atom stereocenters. The molecule has 0 radical (unpaired) electrons. The summed E-state index contributed by atoms with van der Waals surface area (Å²) in [6, 6.07) is 45.3. The van der Waals surface area contributed by atoms with Crippen LogP contribution in [0.1, 0.15) is 0 Å². The lowest BCUT2D eigenvalue weighted by molar-refractivity contribution is 0.116. The minimum atomic E-state index is -4.08. The normalized spacial score (nSPS) is 14.0. The van der Waals surface area contributed by atoms with Crippen LogP contribution >= 0.6 is 0 Å². The van der Waals surface area contributed by atoms with Crippen LogP contribution < -0.4 is 20.7 Å². The van der Waals surface area contributed by atoms with Gasteiger partial charge in [-0.15, -0.1) is 0 Å². The molecule has 15 heteroatoms. The predicted octanol–water partition coefficient (Wildman–Crippen LogP) is 5.16. The Balaban J connectivity index is 2.67. The molecule has 7 nitrogen and oxygen atoms in total. The van der Waals surface area contributed by atoms with Gasteiger partial charge in [-0.2, -0.15) is 0 Å². The van der Waals surface area contributed by atoms with Gasteiger partial charge in [0, 0.05) is 71.6 Å². The average Bonchev–Trinajstić information content (AvgIpc) is 3.18. The second-order valence-electron chi connectivity index (χ2n) is 15.7. The van der Waals surface area contributed by atoms with Crippen molar-refractivity contribution < 1.29 is 31.0 Å². The van der Waals surface area contributed by atoms with Crippen LogP contribution in [0.2, 0.25) is 45.8 Å². The number of rotatable bonds is 18. The highest BCUT2D eigenvalue weighted by Crippen LogP contribution is 2.47. The third-order valence-electron chi connectivity index (χ3n) is 13.1. The summed E-state index contributed by atoms with van der Waals surface area (Å²) in [5.74, 6) is 0. The van der Waals surface area contributed by atoms with E-state index in [1.807, 2.05) is 14.2 Å². The van der Waals surface area contributed by atoms with Gasteiger partial charge >= 0.3 is 23.5 Å². The number of benzene rings is 4. The highest BCUT2D eigenvalue weighted by Gasteiger charge is 2.92. The smallest absolute Gasteiger partial charge is 0.399 e. The second kappa shape index (κ2) is 16.8. The van der Waals surface area contributed by atoms with Gasteiger partial charge in [0.15, 0.2) is 7.11 Å². The van der Waals surface area contributed by atoms with Crippen LogP contribution in [0.25, 0.3) is 0 Å². The molecule has 53 heavy (non-hydrogen) atoms. The Hall–Kier alpha value is -1.66. The Morgan fingerprint density at radius 3 is 0.792 bits per heavy atom. The zero-order valence-electron chi connectivity index (χ0n) is 34.4. The van der Waals surface area contributed by atoms with E-state index in [0.29, 0.717) is 0 Å². The lowest BCUT2D eigenvalue weighted by atomic mass is 10.4. The lowest BCUT2D eigenvalue weighted by Gasteiger charge is -2.66. The Labute approximate surface area is 326 Å². The summed E-state index contributed by atoms with van der Waals surface area (Å²) in [5.41, 5.74) is 0. The molecule has 0 saturated heterocycles. The van der Waals surface area contributed by atoms with E-state index < -0.39 is 59.5 Å². The highest BCUT2D eigenvalue weighted by molar-refractivity contribution is 8.08. The van der Waals surface area contributed by atoms with Crippen LogP contribution in [0, 0.1) is 0 Å². The fourth-order valence-electron chi connectivity index (χ4n) is 9.54. The first-order chi connectivity index (χ1) is 25.1. The van der Waals surface area contributed by atoms with Gasteiger partial charge in [0.2, 0.25) is 0 Å². The first-order valence-corrected chi connectivity index (χ1v) is 44.0. The summed E-state index contributed by atoms with van der Waals surface area (Å²) in [6.07, 6.45) is 0. The summed E-state index contributed by atoms with van der Waals surface area (Å²) in [7, 11) is -13.5. The van der Waals surface area contributed by atoms with Gasteiger partial charge in [-0.3, -0.25) is 0 Å². The number of hydrogen-bond acceptors (Lipinski definition) is 7. The van der Waals surface area contributed by atoms with Crippen molar-refractivity contribution in [2.24, 2.45) is 0 Å². The first kappa shape index (κ1) is 44.1. The Morgan fingerprint density at radius 2 is 0.566 bits per heavy atom. The van der Waals surface area contributed by atoms with E-state index in [2.05, 4.69) is 167 Å². The molecule has 0 N–H and O–H groups in total. The van der Waals surface area contributed by atoms with Crippen molar-refractivity contribution in [3.63, 3.8) is 0 Å². The molecular weight excluding hydrogens is 793 g/mol. The molecule has 0 aliphatic heterocycles. The van der Waals surface area contributed by atoms with Crippen LogP contribution in [-0.2, 0) is 31.0 Å².